The highest BCUT2D eigenvalue weighted by molar-refractivity contribution is 7.85. The van der Waals surface area contributed by atoms with Gasteiger partial charge in [-0.15, -0.1) is 0 Å². The summed E-state index contributed by atoms with van der Waals surface area (Å²) in [6.45, 7) is 0. The number of nitrogens with two attached hydrogens (primary N) is 4. The molecule has 1 atom stereocenters. The van der Waals surface area contributed by atoms with E-state index in [1.165, 1.54) is 6.07 Å². The second-order valence-corrected chi connectivity index (χ2v) is 7.58. The number of para-hydroxylation sites is 1. The number of rotatable bonds is 4. The minimum Gasteiger partial charge on any atom is -0.397 e. The monoisotopic (exact) mass is 348 g/mol. The van der Waals surface area contributed by atoms with Gasteiger partial charge in [0, 0.05) is 5.92 Å². The van der Waals surface area contributed by atoms with Crippen LogP contribution in [0.25, 0.3) is 0 Å². The van der Waals surface area contributed by atoms with E-state index >= 15 is 0 Å². The lowest BCUT2D eigenvalue weighted by atomic mass is 9.84. The van der Waals surface area contributed by atoms with E-state index < -0.39 is 10.1 Å². The number of benzene rings is 2. The lowest BCUT2D eigenvalue weighted by Crippen LogP contribution is -2.13. The first-order valence-corrected chi connectivity index (χ1v) is 8.94. The Hall–Kier alpha value is -2.45. The standard InChI is InChI=1S/C16H20N4O3S/c17-12-3-1-2-10(15(12)19)14(8-4-5-8)11-6-9(24(21,22)23)7-13(18)16(11)20/h1-3,6-8,14H,4-5,17-20H2,(H,21,22,23)/t14-/m1/s1. The van der Waals surface area contributed by atoms with Gasteiger partial charge in [0.05, 0.1) is 27.6 Å². The van der Waals surface area contributed by atoms with E-state index in [9.17, 15) is 13.0 Å². The molecule has 1 fully saturated rings. The third kappa shape index (κ3) is 2.85. The van der Waals surface area contributed by atoms with Crippen LogP contribution in [0.4, 0.5) is 22.7 Å². The zero-order chi connectivity index (χ0) is 17.6. The maximum Gasteiger partial charge on any atom is 0.294 e. The van der Waals surface area contributed by atoms with Crippen molar-refractivity contribution in [1.29, 1.82) is 0 Å². The van der Waals surface area contributed by atoms with Crippen LogP contribution in [0.3, 0.4) is 0 Å². The molecule has 2 aromatic carbocycles. The van der Waals surface area contributed by atoms with E-state index in [-0.39, 0.29) is 22.4 Å². The summed E-state index contributed by atoms with van der Waals surface area (Å²) in [5.74, 6) is 0.0462. The van der Waals surface area contributed by atoms with Crippen LogP contribution in [-0.4, -0.2) is 13.0 Å². The lowest BCUT2D eigenvalue weighted by Gasteiger charge is -2.23. The average Bonchev–Trinajstić information content (AvgIpc) is 3.31. The molecule has 2 aromatic rings. The molecule has 0 amide bonds. The Morgan fingerprint density at radius 2 is 1.58 bits per heavy atom. The Morgan fingerprint density at radius 3 is 2.17 bits per heavy atom. The van der Waals surface area contributed by atoms with Crippen LogP contribution >= 0.6 is 0 Å². The van der Waals surface area contributed by atoms with Crippen LogP contribution in [0.1, 0.15) is 29.9 Å². The van der Waals surface area contributed by atoms with E-state index in [2.05, 4.69) is 0 Å². The van der Waals surface area contributed by atoms with Crippen molar-refractivity contribution in [1.82, 2.24) is 0 Å². The predicted molar refractivity (Wildman–Crippen MR) is 94.9 cm³/mol. The van der Waals surface area contributed by atoms with Gasteiger partial charge in [-0.25, -0.2) is 0 Å². The summed E-state index contributed by atoms with van der Waals surface area (Å²) in [6, 6.07) is 7.87. The molecule has 0 aliphatic heterocycles. The number of nitrogen functional groups attached to an aromatic ring is 4. The van der Waals surface area contributed by atoms with Crippen LogP contribution in [0.15, 0.2) is 35.2 Å². The average molecular weight is 348 g/mol. The molecule has 0 unspecified atom stereocenters. The second-order valence-electron chi connectivity index (χ2n) is 6.16. The van der Waals surface area contributed by atoms with E-state index in [4.69, 9.17) is 22.9 Å². The van der Waals surface area contributed by atoms with Crippen molar-refractivity contribution in [3.63, 3.8) is 0 Å². The van der Waals surface area contributed by atoms with Gasteiger partial charge in [-0.3, -0.25) is 4.55 Å². The van der Waals surface area contributed by atoms with Crippen molar-refractivity contribution in [2.75, 3.05) is 22.9 Å². The quantitative estimate of drug-likeness (QED) is 0.416. The second kappa shape index (κ2) is 5.57. The molecule has 1 saturated carbocycles. The summed E-state index contributed by atoms with van der Waals surface area (Å²) >= 11 is 0. The van der Waals surface area contributed by atoms with Gasteiger partial charge < -0.3 is 22.9 Å². The van der Waals surface area contributed by atoms with Gasteiger partial charge in [-0.05, 0) is 48.1 Å². The molecular weight excluding hydrogens is 328 g/mol. The highest BCUT2D eigenvalue weighted by atomic mass is 32.2. The summed E-state index contributed by atoms with van der Waals surface area (Å²) in [4.78, 5) is -0.280. The molecule has 1 aliphatic rings. The highest BCUT2D eigenvalue weighted by Gasteiger charge is 2.36. The molecule has 0 spiro atoms. The van der Waals surface area contributed by atoms with E-state index in [1.54, 1.807) is 12.1 Å². The molecule has 7 nitrogen and oxygen atoms in total. The Kier molecular flexibility index (Phi) is 3.81. The number of anilines is 4. The van der Waals surface area contributed by atoms with Crippen LogP contribution in [0, 0.1) is 5.92 Å². The predicted octanol–water partition coefficient (Wildman–Crippen LogP) is 1.80. The molecule has 0 radical (unpaired) electrons. The first kappa shape index (κ1) is 16.4. The van der Waals surface area contributed by atoms with Gasteiger partial charge in [-0.2, -0.15) is 8.42 Å². The Labute approximate surface area is 140 Å². The SMILES string of the molecule is Nc1cccc([C@H](c2cc(S(=O)(=O)O)cc(N)c2N)C2CC2)c1N. The van der Waals surface area contributed by atoms with Gasteiger partial charge in [0.2, 0.25) is 0 Å². The summed E-state index contributed by atoms with van der Waals surface area (Å²) < 4.78 is 32.4. The van der Waals surface area contributed by atoms with Crippen LogP contribution in [0.5, 0.6) is 0 Å². The minimum absolute atomic E-state index is 0.105. The molecule has 1 aliphatic carbocycles. The molecule has 0 bridgehead atoms. The molecule has 0 saturated heterocycles. The fourth-order valence-corrected chi connectivity index (χ4v) is 3.61. The van der Waals surface area contributed by atoms with Gasteiger partial charge in [0.25, 0.3) is 10.1 Å². The van der Waals surface area contributed by atoms with E-state index in [1.807, 2.05) is 6.07 Å². The van der Waals surface area contributed by atoms with Gasteiger partial charge in [-0.1, -0.05) is 12.1 Å². The number of hydrogen-bond acceptors (Lipinski definition) is 6. The fourth-order valence-electron chi connectivity index (χ4n) is 3.05. The Bertz CT molecular complexity index is 908. The summed E-state index contributed by atoms with van der Waals surface area (Å²) in [5.41, 5.74) is 26.7. The van der Waals surface area contributed by atoms with Crippen LogP contribution in [0.2, 0.25) is 0 Å². The zero-order valence-corrected chi connectivity index (χ0v) is 13.8. The molecule has 3 rings (SSSR count). The Balaban J connectivity index is 2.24. The zero-order valence-electron chi connectivity index (χ0n) is 12.9. The third-order valence-corrected chi connectivity index (χ3v) is 5.28. The van der Waals surface area contributed by atoms with Crippen molar-refractivity contribution in [2.45, 2.75) is 23.7 Å². The maximum absolute atomic E-state index is 11.5. The molecule has 0 heterocycles. The Morgan fingerprint density at radius 1 is 0.958 bits per heavy atom. The summed E-state index contributed by atoms with van der Waals surface area (Å²) in [7, 11) is -4.40. The van der Waals surface area contributed by atoms with Crippen molar-refractivity contribution in [3.8, 4) is 0 Å². The lowest BCUT2D eigenvalue weighted by molar-refractivity contribution is 0.483. The first-order valence-electron chi connectivity index (χ1n) is 7.50. The molecule has 9 N–H and O–H groups in total. The largest absolute Gasteiger partial charge is 0.397 e. The normalized spacial score (nSPS) is 16.0. The van der Waals surface area contributed by atoms with Crippen molar-refractivity contribution in [3.05, 3.63) is 41.5 Å². The molecule has 128 valence electrons. The van der Waals surface area contributed by atoms with Gasteiger partial charge in [0.1, 0.15) is 0 Å². The summed E-state index contributed by atoms with van der Waals surface area (Å²) in [5, 5.41) is 0. The highest BCUT2D eigenvalue weighted by Crippen LogP contribution is 2.50. The van der Waals surface area contributed by atoms with Crippen molar-refractivity contribution < 1.29 is 13.0 Å². The first-order chi connectivity index (χ1) is 11.2. The third-order valence-electron chi connectivity index (χ3n) is 4.45. The van der Waals surface area contributed by atoms with Crippen molar-refractivity contribution >= 4 is 32.9 Å². The molecule has 8 heteroatoms. The van der Waals surface area contributed by atoms with Crippen LogP contribution in [-0.2, 0) is 10.1 Å². The minimum atomic E-state index is -4.40. The maximum atomic E-state index is 11.5. The topological polar surface area (TPSA) is 158 Å². The fraction of sp³-hybridized carbons (Fsp3) is 0.250. The van der Waals surface area contributed by atoms with Crippen LogP contribution < -0.4 is 22.9 Å². The van der Waals surface area contributed by atoms with Crippen molar-refractivity contribution in [2.24, 2.45) is 5.92 Å². The summed E-state index contributed by atoms with van der Waals surface area (Å²) in [6.07, 6.45) is 1.93. The van der Waals surface area contributed by atoms with Gasteiger partial charge >= 0.3 is 0 Å². The van der Waals surface area contributed by atoms with E-state index in [0.29, 0.717) is 22.6 Å². The smallest absolute Gasteiger partial charge is 0.294 e. The van der Waals surface area contributed by atoms with Gasteiger partial charge in [0.15, 0.2) is 0 Å². The molecule has 0 aromatic heterocycles. The molecule has 24 heavy (non-hydrogen) atoms. The van der Waals surface area contributed by atoms with E-state index in [0.717, 1.165) is 24.5 Å². The molecular formula is C16H20N4O3S. The number of hydrogen-bond donors (Lipinski definition) is 5.